The van der Waals surface area contributed by atoms with Gasteiger partial charge in [-0.3, -0.25) is 19.2 Å². The van der Waals surface area contributed by atoms with Gasteiger partial charge in [0, 0.05) is 12.1 Å². The highest BCUT2D eigenvalue weighted by Crippen LogP contribution is 2.26. The van der Waals surface area contributed by atoms with Crippen molar-refractivity contribution in [2.24, 2.45) is 0 Å². The first-order valence-corrected chi connectivity index (χ1v) is 9.76. The third kappa shape index (κ3) is 5.08. The van der Waals surface area contributed by atoms with E-state index in [9.17, 15) is 28.1 Å². The van der Waals surface area contributed by atoms with Crippen molar-refractivity contribution in [3.05, 3.63) is 64.2 Å². The van der Waals surface area contributed by atoms with Crippen molar-refractivity contribution in [1.82, 2.24) is 0 Å². The second kappa shape index (κ2) is 9.15. The number of hydrogen-bond donors (Lipinski definition) is 0. The van der Waals surface area contributed by atoms with Gasteiger partial charge in [0.25, 0.3) is 15.7 Å². The lowest BCUT2D eigenvalue weighted by Crippen LogP contribution is -2.36. The lowest BCUT2D eigenvalue weighted by molar-refractivity contribution is -0.385. The zero-order valence-electron chi connectivity index (χ0n) is 15.6. The van der Waals surface area contributed by atoms with E-state index in [1.165, 1.54) is 36.4 Å². The summed E-state index contributed by atoms with van der Waals surface area (Å²) in [5.41, 5.74) is -0.155. The Labute approximate surface area is 166 Å². The molecule has 0 aromatic heterocycles. The maximum absolute atomic E-state index is 13.1. The molecule has 2 aromatic carbocycles. The van der Waals surface area contributed by atoms with Crippen LogP contribution in [0.2, 0.25) is 0 Å². The number of sulfonamides is 1. The lowest BCUT2D eigenvalue weighted by Gasteiger charge is -2.23. The van der Waals surface area contributed by atoms with Crippen molar-refractivity contribution in [1.29, 1.82) is 0 Å². The number of carbonyl (C=O) groups is 2. The van der Waals surface area contributed by atoms with E-state index in [1.54, 1.807) is 6.92 Å². The van der Waals surface area contributed by atoms with Crippen LogP contribution in [0.5, 0.6) is 0 Å². The Morgan fingerprint density at radius 1 is 1.14 bits per heavy atom. The highest BCUT2D eigenvalue weighted by molar-refractivity contribution is 7.92. The molecule has 0 N–H and O–H groups in total. The molecular formula is C18H18N2O8S. The topological polar surface area (TPSA) is 133 Å². The minimum atomic E-state index is -4.35. The van der Waals surface area contributed by atoms with E-state index in [0.717, 1.165) is 23.5 Å². The Hall–Kier alpha value is -3.47. The predicted octanol–water partition coefficient (Wildman–Crippen LogP) is 2.14. The number of methoxy groups -OCH3 is 1. The summed E-state index contributed by atoms with van der Waals surface area (Å²) in [5.74, 6) is -1.42. The van der Waals surface area contributed by atoms with Gasteiger partial charge >= 0.3 is 11.9 Å². The van der Waals surface area contributed by atoms with Crippen molar-refractivity contribution in [3.8, 4) is 0 Å². The molecule has 0 heterocycles. The number of esters is 2. The Bertz CT molecular complexity index is 1020. The summed E-state index contributed by atoms with van der Waals surface area (Å²) in [5, 5.41) is 11.0. The fourth-order valence-corrected chi connectivity index (χ4v) is 3.81. The maximum atomic E-state index is 13.1. The highest BCUT2D eigenvalue weighted by Gasteiger charge is 2.29. The van der Waals surface area contributed by atoms with E-state index in [1.807, 2.05) is 0 Å². The zero-order valence-corrected chi connectivity index (χ0v) is 16.4. The second-order valence-electron chi connectivity index (χ2n) is 5.61. The molecule has 0 fully saturated rings. The number of hydrogen-bond acceptors (Lipinski definition) is 8. The molecule has 10 nitrogen and oxygen atoms in total. The summed E-state index contributed by atoms with van der Waals surface area (Å²) < 4.78 is 36.3. The number of nitro groups is 1. The number of rotatable bonds is 8. The van der Waals surface area contributed by atoms with Gasteiger partial charge in [-0.25, -0.2) is 13.2 Å². The van der Waals surface area contributed by atoms with E-state index in [-0.39, 0.29) is 22.8 Å². The average Bonchev–Trinajstić information content (AvgIpc) is 2.72. The monoisotopic (exact) mass is 422 g/mol. The largest absolute Gasteiger partial charge is 0.468 e. The molecule has 0 aliphatic carbocycles. The fraction of sp³-hybridized carbons (Fsp3) is 0.222. The first-order valence-electron chi connectivity index (χ1n) is 8.32. The molecule has 11 heteroatoms. The third-order valence-corrected chi connectivity index (χ3v) is 5.55. The van der Waals surface area contributed by atoms with E-state index in [4.69, 9.17) is 4.74 Å². The Morgan fingerprint density at radius 3 is 2.34 bits per heavy atom. The minimum absolute atomic E-state index is 0.0648. The van der Waals surface area contributed by atoms with Crippen LogP contribution in [0.25, 0.3) is 0 Å². The number of anilines is 1. The van der Waals surface area contributed by atoms with Gasteiger partial charge in [0.05, 0.1) is 34.8 Å². The summed E-state index contributed by atoms with van der Waals surface area (Å²) in [7, 11) is -3.25. The highest BCUT2D eigenvalue weighted by atomic mass is 32.2. The summed E-state index contributed by atoms with van der Waals surface area (Å²) in [6.45, 7) is 1.16. The molecule has 0 spiro atoms. The number of benzene rings is 2. The molecule has 0 aliphatic rings. The van der Waals surface area contributed by atoms with Crippen molar-refractivity contribution >= 4 is 33.3 Å². The van der Waals surface area contributed by atoms with Crippen LogP contribution in [0.4, 0.5) is 11.4 Å². The molecule has 2 aromatic rings. The first-order chi connectivity index (χ1) is 13.7. The van der Waals surface area contributed by atoms with E-state index < -0.39 is 39.1 Å². The Balaban J connectivity index is 2.49. The molecular weight excluding hydrogens is 404 g/mol. The molecule has 0 saturated carbocycles. The molecule has 0 aliphatic heterocycles. The number of carbonyl (C=O) groups excluding carboxylic acids is 2. The minimum Gasteiger partial charge on any atom is -0.468 e. The average molecular weight is 422 g/mol. The van der Waals surface area contributed by atoms with E-state index >= 15 is 0 Å². The fourth-order valence-electron chi connectivity index (χ4n) is 2.36. The molecule has 2 rings (SSSR count). The zero-order chi connectivity index (χ0) is 21.6. The summed E-state index contributed by atoms with van der Waals surface area (Å²) >= 11 is 0. The Kier molecular flexibility index (Phi) is 6.89. The first kappa shape index (κ1) is 21.8. The standard InChI is InChI=1S/C18H18N2O8S/c1-3-28-18(22)13-7-9-14(10-8-13)19(12-17(21)27-2)29(25,26)16-6-4-5-15(11-16)20(23)24/h4-11H,3,12H2,1-2H3. The maximum Gasteiger partial charge on any atom is 0.338 e. The van der Waals surface area contributed by atoms with E-state index in [2.05, 4.69) is 4.74 Å². The van der Waals surface area contributed by atoms with Crippen molar-refractivity contribution in [3.63, 3.8) is 0 Å². The SMILES string of the molecule is CCOC(=O)c1ccc(N(CC(=O)OC)S(=O)(=O)c2cccc([N+](=O)[O-])c2)cc1. The van der Waals surface area contributed by atoms with Gasteiger partial charge in [0.15, 0.2) is 0 Å². The van der Waals surface area contributed by atoms with Crippen molar-refractivity contribution in [2.75, 3.05) is 24.6 Å². The van der Waals surface area contributed by atoms with Crippen LogP contribution < -0.4 is 4.31 Å². The number of nitro benzene ring substituents is 1. The molecule has 0 atom stereocenters. The lowest BCUT2D eigenvalue weighted by atomic mass is 10.2. The molecule has 154 valence electrons. The second-order valence-corrected chi connectivity index (χ2v) is 7.47. The summed E-state index contributed by atoms with van der Waals surface area (Å²) in [4.78, 5) is 33.5. The Morgan fingerprint density at radius 2 is 1.79 bits per heavy atom. The van der Waals surface area contributed by atoms with Gasteiger partial charge in [-0.2, -0.15) is 0 Å². The number of ether oxygens (including phenoxy) is 2. The van der Waals surface area contributed by atoms with Crippen molar-refractivity contribution in [2.45, 2.75) is 11.8 Å². The van der Waals surface area contributed by atoms with Crippen LogP contribution in [0, 0.1) is 10.1 Å². The summed E-state index contributed by atoms with van der Waals surface area (Å²) in [6.07, 6.45) is 0. The van der Waals surface area contributed by atoms with Crippen LogP contribution in [0.15, 0.2) is 53.4 Å². The predicted molar refractivity (Wildman–Crippen MR) is 102 cm³/mol. The van der Waals surface area contributed by atoms with E-state index in [0.29, 0.717) is 0 Å². The quantitative estimate of drug-likeness (QED) is 0.359. The normalized spacial score (nSPS) is 10.8. The van der Waals surface area contributed by atoms with Gasteiger partial charge < -0.3 is 9.47 Å². The number of nitrogens with zero attached hydrogens (tertiary/aromatic N) is 2. The van der Waals surface area contributed by atoms with Crippen LogP contribution in [0.3, 0.4) is 0 Å². The molecule has 0 radical (unpaired) electrons. The van der Waals surface area contributed by atoms with Gasteiger partial charge in [-0.1, -0.05) is 6.07 Å². The third-order valence-electron chi connectivity index (χ3n) is 3.78. The van der Waals surface area contributed by atoms with Crippen LogP contribution in [-0.2, 0) is 24.3 Å². The number of non-ortho nitro benzene ring substituents is 1. The molecule has 0 amide bonds. The van der Waals surface area contributed by atoms with Crippen LogP contribution >= 0.6 is 0 Å². The smallest absolute Gasteiger partial charge is 0.338 e. The van der Waals surface area contributed by atoms with Gasteiger partial charge in [-0.15, -0.1) is 0 Å². The van der Waals surface area contributed by atoms with Gasteiger partial charge in [0.2, 0.25) is 0 Å². The molecule has 0 saturated heterocycles. The van der Waals surface area contributed by atoms with Gasteiger partial charge in [-0.05, 0) is 37.3 Å². The van der Waals surface area contributed by atoms with Crippen LogP contribution in [0.1, 0.15) is 17.3 Å². The molecule has 29 heavy (non-hydrogen) atoms. The summed E-state index contributed by atoms with van der Waals surface area (Å²) in [6, 6.07) is 9.80. The van der Waals surface area contributed by atoms with Gasteiger partial charge in [0.1, 0.15) is 6.54 Å². The van der Waals surface area contributed by atoms with Crippen LogP contribution in [-0.4, -0.2) is 45.5 Å². The molecule has 0 bridgehead atoms. The van der Waals surface area contributed by atoms with Crippen molar-refractivity contribution < 1.29 is 32.4 Å². The molecule has 0 unspecified atom stereocenters.